The van der Waals surface area contributed by atoms with Crippen LogP contribution in [0, 0.1) is 0 Å². The lowest BCUT2D eigenvalue weighted by Gasteiger charge is -2.20. The van der Waals surface area contributed by atoms with E-state index in [9.17, 15) is 4.79 Å². The van der Waals surface area contributed by atoms with Crippen LogP contribution in [0.15, 0.2) is 30.3 Å². The van der Waals surface area contributed by atoms with Gasteiger partial charge < -0.3 is 15.0 Å². The Bertz CT molecular complexity index is 394. The van der Waals surface area contributed by atoms with Crippen molar-refractivity contribution in [1.29, 1.82) is 0 Å². The van der Waals surface area contributed by atoms with Crippen molar-refractivity contribution in [3.63, 3.8) is 0 Å². The lowest BCUT2D eigenvalue weighted by atomic mass is 10.1. The maximum atomic E-state index is 11.7. The number of amides is 1. The molecule has 0 bridgehead atoms. The van der Waals surface area contributed by atoms with Gasteiger partial charge in [0.25, 0.3) is 0 Å². The Kier molecular flexibility index (Phi) is 5.07. The van der Waals surface area contributed by atoms with Gasteiger partial charge in [0.2, 0.25) is 0 Å². The first-order chi connectivity index (χ1) is 9.29. The molecule has 1 aliphatic heterocycles. The molecule has 1 N–H and O–H groups in total. The van der Waals surface area contributed by atoms with E-state index in [0.29, 0.717) is 12.6 Å². The van der Waals surface area contributed by atoms with Crippen LogP contribution in [0.2, 0.25) is 0 Å². The van der Waals surface area contributed by atoms with E-state index in [1.807, 2.05) is 30.0 Å². The predicted molar refractivity (Wildman–Crippen MR) is 76.3 cm³/mol. The van der Waals surface area contributed by atoms with Gasteiger partial charge in [-0.3, -0.25) is 0 Å². The minimum absolute atomic E-state index is 0.178. The molecule has 104 valence electrons. The molecular weight excluding hydrogens is 240 g/mol. The van der Waals surface area contributed by atoms with Crippen molar-refractivity contribution >= 4 is 11.8 Å². The van der Waals surface area contributed by atoms with Gasteiger partial charge >= 0.3 is 6.09 Å². The van der Waals surface area contributed by atoms with Gasteiger partial charge in [-0.25, -0.2) is 4.79 Å². The molecule has 0 radical (unpaired) electrons. The summed E-state index contributed by atoms with van der Waals surface area (Å²) in [5, 5.41) is 3.53. The summed E-state index contributed by atoms with van der Waals surface area (Å²) < 4.78 is 5.06. The SMILES string of the molecule is CCOC(=O)N1CCC[C@@H](Nc2ccccc2)CC1. The number of carbonyl (C=O) groups excluding carboxylic acids is 1. The second kappa shape index (κ2) is 7.02. The summed E-state index contributed by atoms with van der Waals surface area (Å²) >= 11 is 0. The maximum Gasteiger partial charge on any atom is 0.409 e. The van der Waals surface area contributed by atoms with Crippen LogP contribution in [0.3, 0.4) is 0 Å². The molecule has 19 heavy (non-hydrogen) atoms. The van der Waals surface area contributed by atoms with E-state index in [1.54, 1.807) is 0 Å². The molecule has 4 nitrogen and oxygen atoms in total. The lowest BCUT2D eigenvalue weighted by molar-refractivity contribution is 0.108. The van der Waals surface area contributed by atoms with E-state index in [1.165, 1.54) is 0 Å². The third kappa shape index (κ3) is 4.16. The normalized spacial score (nSPS) is 19.6. The molecule has 0 saturated carbocycles. The number of benzene rings is 1. The van der Waals surface area contributed by atoms with Crippen molar-refractivity contribution in [3.8, 4) is 0 Å². The average molecular weight is 262 g/mol. The number of hydrogen-bond acceptors (Lipinski definition) is 3. The van der Waals surface area contributed by atoms with E-state index >= 15 is 0 Å². The highest BCUT2D eigenvalue weighted by atomic mass is 16.6. The summed E-state index contributed by atoms with van der Waals surface area (Å²) in [7, 11) is 0. The summed E-state index contributed by atoms with van der Waals surface area (Å²) in [6.45, 7) is 3.85. The first-order valence-electron chi connectivity index (χ1n) is 7.03. The zero-order valence-corrected chi connectivity index (χ0v) is 11.5. The van der Waals surface area contributed by atoms with Crippen LogP contribution < -0.4 is 5.32 Å². The third-order valence-electron chi connectivity index (χ3n) is 3.40. The Morgan fingerprint density at radius 3 is 2.84 bits per heavy atom. The first-order valence-corrected chi connectivity index (χ1v) is 7.03. The molecule has 4 heteroatoms. The molecule has 1 amide bonds. The molecule has 0 spiro atoms. The Morgan fingerprint density at radius 1 is 1.32 bits per heavy atom. The summed E-state index contributed by atoms with van der Waals surface area (Å²) in [6.07, 6.45) is 2.89. The molecule has 1 aromatic rings. The standard InChI is InChI=1S/C15H22N2O2/c1-2-19-15(18)17-11-6-9-14(10-12-17)16-13-7-4-3-5-8-13/h3-5,7-8,14,16H,2,6,9-12H2,1H3/t14-/m1/s1. The topological polar surface area (TPSA) is 41.6 Å². The summed E-state index contributed by atoms with van der Waals surface area (Å²) in [6, 6.07) is 10.7. The average Bonchev–Trinajstić information content (AvgIpc) is 2.66. The van der Waals surface area contributed by atoms with Crippen LogP contribution in [-0.4, -0.2) is 36.7 Å². The molecule has 0 unspecified atom stereocenters. The zero-order chi connectivity index (χ0) is 13.5. The highest BCUT2D eigenvalue weighted by Gasteiger charge is 2.21. The number of ether oxygens (including phenoxy) is 1. The number of likely N-dealkylation sites (tertiary alicyclic amines) is 1. The highest BCUT2D eigenvalue weighted by Crippen LogP contribution is 2.17. The number of para-hydroxylation sites is 1. The van der Waals surface area contributed by atoms with Crippen molar-refractivity contribution in [2.24, 2.45) is 0 Å². The van der Waals surface area contributed by atoms with E-state index in [2.05, 4.69) is 17.4 Å². The van der Waals surface area contributed by atoms with Crippen molar-refractivity contribution < 1.29 is 9.53 Å². The Morgan fingerprint density at radius 2 is 2.11 bits per heavy atom. The zero-order valence-electron chi connectivity index (χ0n) is 11.5. The molecule has 0 aliphatic carbocycles. The van der Waals surface area contributed by atoms with Crippen molar-refractivity contribution in [2.45, 2.75) is 32.2 Å². The van der Waals surface area contributed by atoms with Crippen molar-refractivity contribution in [1.82, 2.24) is 4.90 Å². The Balaban J connectivity index is 1.85. The summed E-state index contributed by atoms with van der Waals surface area (Å²) in [5.41, 5.74) is 1.15. The monoisotopic (exact) mass is 262 g/mol. The first kappa shape index (κ1) is 13.7. The lowest BCUT2D eigenvalue weighted by Crippen LogP contribution is -2.33. The molecule has 1 heterocycles. The van der Waals surface area contributed by atoms with Gasteiger partial charge in [-0.1, -0.05) is 18.2 Å². The third-order valence-corrected chi connectivity index (χ3v) is 3.40. The van der Waals surface area contributed by atoms with E-state index in [0.717, 1.165) is 38.0 Å². The van der Waals surface area contributed by atoms with Gasteiger partial charge in [-0.15, -0.1) is 0 Å². The fourth-order valence-corrected chi connectivity index (χ4v) is 2.41. The fourth-order valence-electron chi connectivity index (χ4n) is 2.41. The smallest absolute Gasteiger partial charge is 0.409 e. The van der Waals surface area contributed by atoms with Crippen LogP contribution in [0.4, 0.5) is 10.5 Å². The van der Waals surface area contributed by atoms with E-state index in [-0.39, 0.29) is 6.09 Å². The summed E-state index contributed by atoms with van der Waals surface area (Å²) in [5.74, 6) is 0. The molecule has 1 atom stereocenters. The van der Waals surface area contributed by atoms with E-state index < -0.39 is 0 Å². The van der Waals surface area contributed by atoms with Crippen molar-refractivity contribution in [2.75, 3.05) is 25.0 Å². The van der Waals surface area contributed by atoms with E-state index in [4.69, 9.17) is 4.74 Å². The molecule has 1 aliphatic rings. The number of nitrogens with zero attached hydrogens (tertiary/aromatic N) is 1. The second-order valence-corrected chi connectivity index (χ2v) is 4.82. The molecule has 1 saturated heterocycles. The summed E-state index contributed by atoms with van der Waals surface area (Å²) in [4.78, 5) is 13.5. The van der Waals surface area contributed by atoms with Crippen LogP contribution in [0.1, 0.15) is 26.2 Å². The number of carbonyl (C=O) groups is 1. The van der Waals surface area contributed by atoms with Gasteiger partial charge in [0, 0.05) is 24.8 Å². The van der Waals surface area contributed by atoms with Crippen LogP contribution >= 0.6 is 0 Å². The molecular formula is C15H22N2O2. The van der Waals surface area contributed by atoms with Crippen LogP contribution in [0.25, 0.3) is 0 Å². The number of nitrogens with one attached hydrogen (secondary N) is 1. The Labute approximate surface area is 114 Å². The van der Waals surface area contributed by atoms with Gasteiger partial charge in [-0.2, -0.15) is 0 Å². The molecule has 1 fully saturated rings. The molecule has 2 rings (SSSR count). The predicted octanol–water partition coefficient (Wildman–Crippen LogP) is 3.11. The highest BCUT2D eigenvalue weighted by molar-refractivity contribution is 5.67. The maximum absolute atomic E-state index is 11.7. The fraction of sp³-hybridized carbons (Fsp3) is 0.533. The largest absolute Gasteiger partial charge is 0.450 e. The van der Waals surface area contributed by atoms with Gasteiger partial charge in [0.05, 0.1) is 6.61 Å². The van der Waals surface area contributed by atoms with Gasteiger partial charge in [0.15, 0.2) is 0 Å². The van der Waals surface area contributed by atoms with Gasteiger partial charge in [0.1, 0.15) is 0 Å². The Hall–Kier alpha value is -1.71. The van der Waals surface area contributed by atoms with Crippen LogP contribution in [-0.2, 0) is 4.74 Å². The quantitative estimate of drug-likeness (QED) is 0.910. The molecule has 1 aromatic carbocycles. The minimum atomic E-state index is -0.178. The molecule has 0 aromatic heterocycles. The number of anilines is 1. The van der Waals surface area contributed by atoms with Crippen molar-refractivity contribution in [3.05, 3.63) is 30.3 Å². The number of hydrogen-bond donors (Lipinski definition) is 1. The van der Waals surface area contributed by atoms with Crippen LogP contribution in [0.5, 0.6) is 0 Å². The minimum Gasteiger partial charge on any atom is -0.450 e. The van der Waals surface area contributed by atoms with Gasteiger partial charge in [-0.05, 0) is 38.3 Å². The number of rotatable bonds is 3. The second-order valence-electron chi connectivity index (χ2n) is 4.82.